The van der Waals surface area contributed by atoms with Crippen LogP contribution in [0.5, 0.6) is 5.75 Å². The molecule has 4 amide bonds. The molecule has 1 aliphatic rings. The molecule has 1 fully saturated rings. The number of carbonyl (C=O) groups is 3. The summed E-state index contributed by atoms with van der Waals surface area (Å²) in [6.07, 6.45) is 1.58. The molecule has 2 atom stereocenters. The molecule has 7 nitrogen and oxygen atoms in total. The smallest absolute Gasteiger partial charge is 0.325 e. The Kier molecular flexibility index (Phi) is 7.06. The number of carbonyl (C=O) groups excluding carboxylic acids is 3. The van der Waals surface area contributed by atoms with Crippen LogP contribution >= 0.6 is 0 Å². The number of nitrogens with one attached hydrogen (secondary N) is 2. The highest BCUT2D eigenvalue weighted by atomic mass is 16.5. The van der Waals surface area contributed by atoms with E-state index in [0.29, 0.717) is 5.75 Å². The molecule has 0 spiro atoms. The zero-order valence-electron chi connectivity index (χ0n) is 17.3. The van der Waals surface area contributed by atoms with Crippen molar-refractivity contribution < 1.29 is 19.1 Å². The van der Waals surface area contributed by atoms with Crippen LogP contribution in [0, 0.1) is 0 Å². The maximum Gasteiger partial charge on any atom is 0.325 e. The maximum absolute atomic E-state index is 12.6. The van der Waals surface area contributed by atoms with E-state index in [0.717, 1.165) is 23.3 Å². The molecule has 0 aromatic heterocycles. The monoisotopic (exact) mass is 409 g/mol. The standard InChI is InChI=1S/C23H27N3O4/c1-16(8-9-17-6-4-3-5-7-17)24-21(27)14-20-22(28)26(23(29)25-20)15-18-10-12-19(30-2)13-11-18/h3-7,10-13,16,20H,8-9,14-15H2,1-2H3,(H,24,27)(H,25,29)/t16-,20-/m0/s1. The summed E-state index contributed by atoms with van der Waals surface area (Å²) < 4.78 is 5.11. The Labute approximate surface area is 176 Å². The van der Waals surface area contributed by atoms with Crippen molar-refractivity contribution in [1.29, 1.82) is 0 Å². The van der Waals surface area contributed by atoms with Gasteiger partial charge < -0.3 is 15.4 Å². The normalized spacial score (nSPS) is 16.9. The van der Waals surface area contributed by atoms with Gasteiger partial charge in [0.15, 0.2) is 0 Å². The van der Waals surface area contributed by atoms with E-state index in [1.54, 1.807) is 31.4 Å². The Morgan fingerprint density at radius 3 is 2.47 bits per heavy atom. The minimum absolute atomic E-state index is 0.0275. The molecule has 158 valence electrons. The number of urea groups is 1. The minimum Gasteiger partial charge on any atom is -0.497 e. The number of hydrogen-bond donors (Lipinski definition) is 2. The molecule has 2 N–H and O–H groups in total. The number of ether oxygens (including phenoxy) is 1. The van der Waals surface area contributed by atoms with E-state index in [-0.39, 0.29) is 30.8 Å². The van der Waals surface area contributed by atoms with Crippen molar-refractivity contribution in [3.63, 3.8) is 0 Å². The average Bonchev–Trinajstić information content (AvgIpc) is 3.00. The van der Waals surface area contributed by atoms with Gasteiger partial charge in [0.1, 0.15) is 11.8 Å². The predicted octanol–water partition coefficient (Wildman–Crippen LogP) is 2.64. The molecule has 0 unspecified atom stereocenters. The van der Waals surface area contributed by atoms with Crippen LogP contribution in [0.25, 0.3) is 0 Å². The van der Waals surface area contributed by atoms with E-state index in [2.05, 4.69) is 22.8 Å². The highest BCUT2D eigenvalue weighted by molar-refractivity contribution is 6.05. The van der Waals surface area contributed by atoms with Crippen molar-refractivity contribution in [2.45, 2.75) is 44.8 Å². The van der Waals surface area contributed by atoms with E-state index in [9.17, 15) is 14.4 Å². The fraction of sp³-hybridized carbons (Fsp3) is 0.348. The first-order valence-corrected chi connectivity index (χ1v) is 10.0. The van der Waals surface area contributed by atoms with Gasteiger partial charge in [0.2, 0.25) is 5.91 Å². The number of imide groups is 1. The highest BCUT2D eigenvalue weighted by Gasteiger charge is 2.39. The lowest BCUT2D eigenvalue weighted by Gasteiger charge is -2.16. The number of nitrogens with zero attached hydrogens (tertiary/aromatic N) is 1. The quantitative estimate of drug-likeness (QED) is 0.624. The van der Waals surface area contributed by atoms with E-state index in [1.807, 2.05) is 25.1 Å². The number of hydrogen-bond acceptors (Lipinski definition) is 4. The van der Waals surface area contributed by atoms with Crippen LogP contribution in [0.1, 0.15) is 30.9 Å². The van der Waals surface area contributed by atoms with Crippen LogP contribution in [0.15, 0.2) is 54.6 Å². The molecular weight excluding hydrogens is 382 g/mol. The van der Waals surface area contributed by atoms with Gasteiger partial charge in [-0.25, -0.2) is 4.79 Å². The molecule has 0 saturated carbocycles. The molecule has 1 heterocycles. The first-order chi connectivity index (χ1) is 14.5. The first kappa shape index (κ1) is 21.4. The molecule has 1 saturated heterocycles. The van der Waals surface area contributed by atoms with Gasteiger partial charge in [-0.1, -0.05) is 42.5 Å². The van der Waals surface area contributed by atoms with Gasteiger partial charge in [-0.05, 0) is 43.0 Å². The number of rotatable bonds is 9. The van der Waals surface area contributed by atoms with Crippen molar-refractivity contribution >= 4 is 17.8 Å². The topological polar surface area (TPSA) is 87.7 Å². The second-order valence-electron chi connectivity index (χ2n) is 7.47. The molecule has 0 aliphatic carbocycles. The molecule has 2 aromatic carbocycles. The Hall–Kier alpha value is -3.35. The summed E-state index contributed by atoms with van der Waals surface area (Å²) in [6, 6.07) is 15.9. The van der Waals surface area contributed by atoms with Gasteiger partial charge in [-0.15, -0.1) is 0 Å². The van der Waals surface area contributed by atoms with Crippen molar-refractivity contribution in [1.82, 2.24) is 15.5 Å². The van der Waals surface area contributed by atoms with E-state index in [1.165, 1.54) is 5.56 Å². The highest BCUT2D eigenvalue weighted by Crippen LogP contribution is 2.17. The van der Waals surface area contributed by atoms with Crippen LogP contribution in [-0.2, 0) is 22.6 Å². The van der Waals surface area contributed by atoms with Crippen molar-refractivity contribution in [2.24, 2.45) is 0 Å². The molecule has 3 rings (SSSR count). The Balaban J connectivity index is 1.48. The van der Waals surface area contributed by atoms with Crippen LogP contribution in [0.3, 0.4) is 0 Å². The third-order valence-corrected chi connectivity index (χ3v) is 5.11. The summed E-state index contributed by atoms with van der Waals surface area (Å²) in [6.45, 7) is 2.09. The van der Waals surface area contributed by atoms with Crippen LogP contribution in [0.2, 0.25) is 0 Å². The SMILES string of the molecule is COc1ccc(CN2C(=O)N[C@@H](CC(=O)N[C@@H](C)CCc3ccccc3)C2=O)cc1. The number of amides is 4. The zero-order chi connectivity index (χ0) is 21.5. The van der Waals surface area contributed by atoms with E-state index >= 15 is 0 Å². The summed E-state index contributed by atoms with van der Waals surface area (Å²) in [5.74, 6) is 0.0651. The third-order valence-electron chi connectivity index (χ3n) is 5.11. The van der Waals surface area contributed by atoms with Crippen LogP contribution in [-0.4, -0.2) is 41.9 Å². The van der Waals surface area contributed by atoms with Crippen LogP contribution < -0.4 is 15.4 Å². The lowest BCUT2D eigenvalue weighted by atomic mass is 10.1. The van der Waals surface area contributed by atoms with E-state index < -0.39 is 12.1 Å². The number of aryl methyl sites for hydroxylation is 1. The Bertz CT molecular complexity index is 883. The van der Waals surface area contributed by atoms with Crippen LogP contribution in [0.4, 0.5) is 4.79 Å². The summed E-state index contributed by atoms with van der Waals surface area (Å²) in [4.78, 5) is 38.3. The molecule has 1 aliphatic heterocycles. The summed E-state index contributed by atoms with van der Waals surface area (Å²) in [5.41, 5.74) is 2.02. The average molecular weight is 409 g/mol. The first-order valence-electron chi connectivity index (χ1n) is 10.0. The van der Waals surface area contributed by atoms with Gasteiger partial charge in [-0.2, -0.15) is 0 Å². The maximum atomic E-state index is 12.6. The van der Waals surface area contributed by atoms with Gasteiger partial charge in [0.25, 0.3) is 5.91 Å². The number of benzene rings is 2. The van der Waals surface area contributed by atoms with Gasteiger partial charge in [-0.3, -0.25) is 14.5 Å². The fourth-order valence-electron chi connectivity index (χ4n) is 3.40. The second-order valence-corrected chi connectivity index (χ2v) is 7.47. The molecule has 0 radical (unpaired) electrons. The van der Waals surface area contributed by atoms with Crippen molar-refractivity contribution in [3.05, 3.63) is 65.7 Å². The van der Waals surface area contributed by atoms with Gasteiger partial charge in [0, 0.05) is 6.04 Å². The molecular formula is C23H27N3O4. The van der Waals surface area contributed by atoms with E-state index in [4.69, 9.17) is 4.74 Å². The third kappa shape index (κ3) is 5.59. The largest absolute Gasteiger partial charge is 0.497 e. The Morgan fingerprint density at radius 2 is 1.80 bits per heavy atom. The summed E-state index contributed by atoms with van der Waals surface area (Å²) in [7, 11) is 1.57. The lowest BCUT2D eigenvalue weighted by Crippen LogP contribution is -2.39. The zero-order valence-corrected chi connectivity index (χ0v) is 17.3. The minimum atomic E-state index is -0.836. The second kappa shape index (κ2) is 9.91. The van der Waals surface area contributed by atoms with Crippen molar-refractivity contribution in [2.75, 3.05) is 7.11 Å². The fourth-order valence-corrected chi connectivity index (χ4v) is 3.40. The molecule has 30 heavy (non-hydrogen) atoms. The molecule has 0 bridgehead atoms. The van der Waals surface area contributed by atoms with Gasteiger partial charge >= 0.3 is 6.03 Å². The predicted molar refractivity (Wildman–Crippen MR) is 113 cm³/mol. The number of methoxy groups -OCH3 is 1. The van der Waals surface area contributed by atoms with Crippen molar-refractivity contribution in [3.8, 4) is 5.75 Å². The molecule has 7 heteroatoms. The summed E-state index contributed by atoms with van der Waals surface area (Å²) in [5, 5.41) is 5.53. The lowest BCUT2D eigenvalue weighted by molar-refractivity contribution is -0.131. The molecule has 2 aromatic rings. The Morgan fingerprint density at radius 1 is 1.10 bits per heavy atom. The summed E-state index contributed by atoms with van der Waals surface area (Å²) >= 11 is 0. The van der Waals surface area contributed by atoms with Gasteiger partial charge in [0.05, 0.1) is 20.1 Å².